The third-order valence-electron chi connectivity index (χ3n) is 4.22. The molecule has 0 aliphatic carbocycles. The summed E-state index contributed by atoms with van der Waals surface area (Å²) in [7, 11) is 0. The number of nitrogens with one attached hydrogen (secondary N) is 3. The number of carbonyl (C=O) groups is 1. The third-order valence-corrected chi connectivity index (χ3v) is 4.62. The lowest BCUT2D eigenvalue weighted by Crippen LogP contribution is -3.16. The van der Waals surface area contributed by atoms with Gasteiger partial charge in [-0.3, -0.25) is 4.79 Å². The minimum atomic E-state index is -0.164. The molecule has 0 spiro atoms. The van der Waals surface area contributed by atoms with Crippen LogP contribution in [0.15, 0.2) is 30.3 Å². The molecule has 1 amide bonds. The summed E-state index contributed by atoms with van der Waals surface area (Å²) >= 11 is 5.51. The fourth-order valence-electron chi connectivity index (χ4n) is 2.96. The van der Waals surface area contributed by atoms with Gasteiger partial charge in [0.1, 0.15) is 0 Å². The van der Waals surface area contributed by atoms with E-state index in [9.17, 15) is 4.79 Å². The minimum absolute atomic E-state index is 0.125. The van der Waals surface area contributed by atoms with E-state index in [0.29, 0.717) is 6.54 Å². The number of quaternary nitrogens is 1. The highest BCUT2D eigenvalue weighted by Gasteiger charge is 2.24. The Balaban J connectivity index is 1.65. The van der Waals surface area contributed by atoms with Gasteiger partial charge in [-0.25, -0.2) is 0 Å². The molecule has 1 saturated heterocycles. The first-order valence-corrected chi connectivity index (χ1v) is 9.45. The molecule has 1 heterocycles. The number of thiocarbonyl (C=S) groups is 1. The van der Waals surface area contributed by atoms with Gasteiger partial charge in [-0.15, -0.1) is 0 Å². The van der Waals surface area contributed by atoms with Gasteiger partial charge in [0, 0.05) is 12.1 Å². The van der Waals surface area contributed by atoms with Crippen molar-refractivity contribution >= 4 is 23.2 Å². The van der Waals surface area contributed by atoms with E-state index in [1.54, 1.807) is 0 Å². The van der Waals surface area contributed by atoms with Gasteiger partial charge in [0.05, 0.1) is 26.2 Å². The maximum absolute atomic E-state index is 12.0. The van der Waals surface area contributed by atoms with Crippen molar-refractivity contribution < 1.29 is 9.69 Å². The molecule has 1 aromatic rings. The van der Waals surface area contributed by atoms with Crippen molar-refractivity contribution in [2.24, 2.45) is 0 Å². The summed E-state index contributed by atoms with van der Waals surface area (Å²) in [5, 5.41) is 7.22. The van der Waals surface area contributed by atoms with Crippen LogP contribution in [0.25, 0.3) is 0 Å². The molecule has 2 rings (SSSR count). The largest absolute Gasteiger partial charge is 0.362 e. The monoisotopic (exact) mass is 363 g/mol. The average molecular weight is 364 g/mol. The Morgan fingerprint density at radius 1 is 1.20 bits per heavy atom. The van der Waals surface area contributed by atoms with Crippen LogP contribution in [-0.2, 0) is 11.2 Å². The quantitative estimate of drug-likeness (QED) is 0.655. The van der Waals surface area contributed by atoms with Crippen molar-refractivity contribution in [1.82, 2.24) is 15.5 Å². The summed E-state index contributed by atoms with van der Waals surface area (Å²) in [6.45, 7) is 11.1. The predicted octanol–water partition coefficient (Wildman–Crippen LogP) is 0.219. The van der Waals surface area contributed by atoms with Crippen molar-refractivity contribution in [3.63, 3.8) is 0 Å². The maximum atomic E-state index is 12.0. The molecule has 1 fully saturated rings. The first-order valence-electron chi connectivity index (χ1n) is 9.05. The zero-order valence-corrected chi connectivity index (χ0v) is 16.4. The Morgan fingerprint density at radius 2 is 1.84 bits per heavy atom. The van der Waals surface area contributed by atoms with Crippen LogP contribution in [0.5, 0.6) is 0 Å². The molecule has 0 unspecified atom stereocenters. The normalized spacial score (nSPS) is 15.7. The second kappa shape index (κ2) is 9.15. The molecular formula is C19H31N4OS+. The summed E-state index contributed by atoms with van der Waals surface area (Å²) in [6, 6.07) is 10.4. The minimum Gasteiger partial charge on any atom is -0.362 e. The van der Waals surface area contributed by atoms with Crippen LogP contribution in [0.2, 0.25) is 0 Å². The summed E-state index contributed by atoms with van der Waals surface area (Å²) in [5.74, 6) is 0.125. The highest BCUT2D eigenvalue weighted by Crippen LogP contribution is 1.99. The summed E-state index contributed by atoms with van der Waals surface area (Å²) in [6.07, 6.45) is 0.971. The number of hydrogen-bond acceptors (Lipinski definition) is 2. The molecule has 0 atom stereocenters. The predicted molar refractivity (Wildman–Crippen MR) is 106 cm³/mol. The van der Waals surface area contributed by atoms with E-state index < -0.39 is 0 Å². The van der Waals surface area contributed by atoms with Gasteiger partial charge in [0.15, 0.2) is 11.7 Å². The van der Waals surface area contributed by atoms with Crippen molar-refractivity contribution in [2.75, 3.05) is 39.3 Å². The molecule has 0 aromatic heterocycles. The van der Waals surface area contributed by atoms with Crippen LogP contribution in [0.1, 0.15) is 26.3 Å². The number of amides is 1. The Hall–Kier alpha value is -1.66. The molecule has 1 aromatic carbocycles. The van der Waals surface area contributed by atoms with Crippen molar-refractivity contribution in [1.29, 1.82) is 0 Å². The second-order valence-corrected chi connectivity index (χ2v) is 8.07. The fourth-order valence-corrected chi connectivity index (χ4v) is 3.25. The molecule has 0 radical (unpaired) electrons. The second-order valence-electron chi connectivity index (χ2n) is 7.68. The summed E-state index contributed by atoms with van der Waals surface area (Å²) in [4.78, 5) is 15.6. The third kappa shape index (κ3) is 7.40. The molecule has 25 heavy (non-hydrogen) atoms. The molecule has 138 valence electrons. The number of rotatable bonds is 5. The van der Waals surface area contributed by atoms with E-state index >= 15 is 0 Å². The highest BCUT2D eigenvalue weighted by molar-refractivity contribution is 7.80. The van der Waals surface area contributed by atoms with Gasteiger partial charge >= 0.3 is 0 Å². The molecule has 5 nitrogen and oxygen atoms in total. The van der Waals surface area contributed by atoms with E-state index in [0.717, 1.165) is 44.3 Å². The molecule has 0 saturated carbocycles. The Kier molecular flexibility index (Phi) is 7.20. The molecular weight excluding hydrogens is 332 g/mol. The van der Waals surface area contributed by atoms with Gasteiger partial charge in [0.25, 0.3) is 5.91 Å². The smallest absolute Gasteiger partial charge is 0.275 e. The number of hydrogen-bond donors (Lipinski definition) is 3. The van der Waals surface area contributed by atoms with Crippen LogP contribution < -0.4 is 15.5 Å². The maximum Gasteiger partial charge on any atom is 0.275 e. The van der Waals surface area contributed by atoms with Crippen LogP contribution >= 0.6 is 12.2 Å². The Bertz CT molecular complexity index is 563. The first kappa shape index (κ1) is 19.7. The molecule has 6 heteroatoms. The lowest BCUT2D eigenvalue weighted by molar-refractivity contribution is -0.895. The number of benzene rings is 1. The van der Waals surface area contributed by atoms with Crippen LogP contribution in [0.3, 0.4) is 0 Å². The van der Waals surface area contributed by atoms with Crippen LogP contribution in [0.4, 0.5) is 0 Å². The standard InChI is InChI=1S/C19H30N4OS/c1-19(2,3)21-17(24)15-22-11-13-23(14-12-22)18(25)20-10-9-16-7-5-4-6-8-16/h4-8H,9-15H2,1-3H3,(H,20,25)(H,21,24)/p+1. The van der Waals surface area contributed by atoms with Crippen molar-refractivity contribution in [3.8, 4) is 0 Å². The fraction of sp³-hybridized carbons (Fsp3) is 0.579. The Morgan fingerprint density at radius 3 is 2.44 bits per heavy atom. The molecule has 3 N–H and O–H groups in total. The molecule has 1 aliphatic rings. The highest BCUT2D eigenvalue weighted by atomic mass is 32.1. The van der Waals surface area contributed by atoms with Gasteiger partial charge in [-0.05, 0) is 45.0 Å². The topological polar surface area (TPSA) is 48.8 Å². The molecule has 1 aliphatic heterocycles. The lowest BCUT2D eigenvalue weighted by atomic mass is 10.1. The zero-order valence-electron chi connectivity index (χ0n) is 15.6. The average Bonchev–Trinajstić information content (AvgIpc) is 2.54. The van der Waals surface area contributed by atoms with E-state index in [4.69, 9.17) is 12.2 Å². The summed E-state index contributed by atoms with van der Waals surface area (Å²) in [5.41, 5.74) is 1.15. The van der Waals surface area contributed by atoms with E-state index in [1.165, 1.54) is 10.5 Å². The van der Waals surface area contributed by atoms with Crippen molar-refractivity contribution in [3.05, 3.63) is 35.9 Å². The van der Waals surface area contributed by atoms with Crippen LogP contribution in [0, 0.1) is 0 Å². The first-order chi connectivity index (χ1) is 11.8. The SMILES string of the molecule is CC(C)(C)NC(=O)C[NH+]1CCN(C(=S)NCCc2ccccc2)CC1. The van der Waals surface area contributed by atoms with Crippen LogP contribution in [-0.4, -0.2) is 60.7 Å². The molecule has 0 bridgehead atoms. The van der Waals surface area contributed by atoms with Gasteiger partial charge < -0.3 is 20.4 Å². The number of carbonyl (C=O) groups excluding carboxylic acids is 1. The van der Waals surface area contributed by atoms with Gasteiger partial charge in [-0.2, -0.15) is 0 Å². The lowest BCUT2D eigenvalue weighted by Gasteiger charge is -2.34. The number of nitrogens with zero attached hydrogens (tertiary/aromatic N) is 1. The van der Waals surface area contributed by atoms with Gasteiger partial charge in [-0.1, -0.05) is 30.3 Å². The van der Waals surface area contributed by atoms with Gasteiger partial charge in [0.2, 0.25) is 0 Å². The van der Waals surface area contributed by atoms with E-state index in [2.05, 4.69) is 39.8 Å². The van der Waals surface area contributed by atoms with E-state index in [1.807, 2.05) is 26.8 Å². The zero-order chi connectivity index (χ0) is 18.3. The van der Waals surface area contributed by atoms with E-state index in [-0.39, 0.29) is 11.4 Å². The van der Waals surface area contributed by atoms with Crippen molar-refractivity contribution in [2.45, 2.75) is 32.7 Å². The Labute approximate surface area is 156 Å². The number of piperazine rings is 1. The summed E-state index contributed by atoms with van der Waals surface area (Å²) < 4.78 is 0.